The maximum absolute atomic E-state index is 13.5. The van der Waals surface area contributed by atoms with E-state index in [2.05, 4.69) is 23.9 Å². The van der Waals surface area contributed by atoms with E-state index < -0.39 is 31.3 Å². The number of benzene rings is 2. The van der Waals surface area contributed by atoms with Crippen LogP contribution in [0.25, 0.3) is 11.0 Å². The molecule has 2 amide bonds. The molecule has 3 N–H and O–H groups in total. The van der Waals surface area contributed by atoms with Crippen molar-refractivity contribution < 1.29 is 28.4 Å². The zero-order valence-electron chi connectivity index (χ0n) is 27.5. The number of nitrogens with one attached hydrogen (secondary N) is 3. The summed E-state index contributed by atoms with van der Waals surface area (Å²) < 4.78 is 33.1. The van der Waals surface area contributed by atoms with E-state index in [0.29, 0.717) is 68.3 Å². The molecule has 2 heterocycles. The molecule has 0 unspecified atom stereocenters. The fraction of sp³-hybridized carbons (Fsp3) is 0.441. The summed E-state index contributed by atoms with van der Waals surface area (Å²) >= 11 is -0.390. The number of aromatic nitrogens is 3. The Morgan fingerprint density at radius 2 is 1.65 bits per heavy atom. The molecule has 1 fully saturated rings. The van der Waals surface area contributed by atoms with Gasteiger partial charge in [-0.15, -0.1) is 0 Å². The van der Waals surface area contributed by atoms with Crippen molar-refractivity contribution in [3.63, 3.8) is 0 Å². The number of nitrogens with zero attached hydrogens (tertiary/aromatic N) is 4. The summed E-state index contributed by atoms with van der Waals surface area (Å²) in [6.45, 7) is 5.77. The van der Waals surface area contributed by atoms with Gasteiger partial charge in [0.15, 0.2) is 0 Å². The van der Waals surface area contributed by atoms with E-state index >= 15 is 0 Å². The van der Waals surface area contributed by atoms with Crippen LogP contribution in [-0.4, -0.2) is 89.7 Å². The fourth-order valence-corrected chi connectivity index (χ4v) is 6.75. The van der Waals surface area contributed by atoms with Crippen molar-refractivity contribution in [3.8, 4) is 0 Å². The topological polar surface area (TPSA) is 170 Å². The fourth-order valence-electron chi connectivity index (χ4n) is 5.56. The van der Waals surface area contributed by atoms with Crippen LogP contribution in [0.5, 0.6) is 0 Å². The van der Waals surface area contributed by atoms with Gasteiger partial charge in [-0.05, 0) is 60.9 Å². The first kappa shape index (κ1) is 36.0. The Morgan fingerprint density at radius 1 is 0.959 bits per heavy atom. The minimum atomic E-state index is -1.12. The van der Waals surface area contributed by atoms with Crippen molar-refractivity contribution in [1.82, 2.24) is 23.6 Å². The van der Waals surface area contributed by atoms with Crippen LogP contribution in [0, 0.1) is 15.9 Å². The number of halogens is 1. The van der Waals surface area contributed by atoms with E-state index in [1.54, 1.807) is 24.3 Å². The predicted molar refractivity (Wildman–Crippen MR) is 182 cm³/mol. The van der Waals surface area contributed by atoms with Crippen LogP contribution in [0.4, 0.5) is 15.8 Å². The number of amides is 2. The van der Waals surface area contributed by atoms with E-state index in [1.807, 2.05) is 19.9 Å². The average Bonchev–Trinajstić information content (AvgIpc) is 3.83. The molecule has 2 aromatic heterocycles. The van der Waals surface area contributed by atoms with Gasteiger partial charge in [0.1, 0.15) is 17.1 Å². The number of nitro groups is 1. The van der Waals surface area contributed by atoms with E-state index in [-0.39, 0.29) is 36.3 Å². The summed E-state index contributed by atoms with van der Waals surface area (Å²) in [6, 6.07) is 13.0. The van der Waals surface area contributed by atoms with Crippen LogP contribution in [0.1, 0.15) is 72.8 Å². The molecule has 0 bridgehead atoms. The molecule has 260 valence electrons. The van der Waals surface area contributed by atoms with Crippen molar-refractivity contribution >= 4 is 49.2 Å². The van der Waals surface area contributed by atoms with Gasteiger partial charge in [-0.2, -0.15) is 0 Å². The van der Waals surface area contributed by atoms with E-state index in [1.165, 1.54) is 18.2 Å². The summed E-state index contributed by atoms with van der Waals surface area (Å²) in [7, 11) is 0. The van der Waals surface area contributed by atoms with Gasteiger partial charge >= 0.3 is 127 Å². The van der Waals surface area contributed by atoms with Crippen molar-refractivity contribution in [2.45, 2.75) is 57.4 Å². The van der Waals surface area contributed by atoms with E-state index in [9.17, 15) is 24.1 Å². The van der Waals surface area contributed by atoms with Crippen molar-refractivity contribution in [1.29, 1.82) is 0 Å². The number of carbonyl (C=O) groups is 2. The number of carbonyl (C=O) groups excluding carboxylic acids is 2. The first-order valence-corrected chi connectivity index (χ1v) is 17.9. The van der Waals surface area contributed by atoms with Gasteiger partial charge in [-0.1, -0.05) is 32.0 Å². The molecule has 5 rings (SSSR count). The van der Waals surface area contributed by atoms with Gasteiger partial charge in [-0.3, -0.25) is 9.59 Å². The molecule has 15 heteroatoms. The van der Waals surface area contributed by atoms with Crippen molar-refractivity contribution in [2.24, 2.45) is 0 Å². The zero-order chi connectivity index (χ0) is 34.8. The van der Waals surface area contributed by atoms with Gasteiger partial charge in [-0.25, -0.2) is 9.37 Å². The second kappa shape index (κ2) is 16.9. The number of nitro benzene ring substituents is 1. The van der Waals surface area contributed by atoms with Gasteiger partial charge in [0.2, 0.25) is 5.91 Å². The van der Waals surface area contributed by atoms with Crippen LogP contribution in [0.3, 0.4) is 0 Å². The zero-order valence-corrected chi connectivity index (χ0v) is 29.2. The number of non-ortho nitro benzene ring substituents is 1. The predicted octanol–water partition coefficient (Wildman–Crippen LogP) is 4.15. The monoisotopic (exact) mass is 741 g/mol. The molecule has 1 aliphatic rings. The molecular formula is C34H40FN7O6Se. The molecule has 1 saturated carbocycles. The number of ether oxygens (including phenoxy) is 2. The summed E-state index contributed by atoms with van der Waals surface area (Å²) in [4.78, 5) is 42.2. The van der Waals surface area contributed by atoms with Crippen molar-refractivity contribution in [3.05, 3.63) is 87.0 Å². The van der Waals surface area contributed by atoms with Gasteiger partial charge in [0.05, 0.1) is 0 Å². The molecule has 49 heavy (non-hydrogen) atoms. The second-order valence-corrected chi connectivity index (χ2v) is 12.9. The van der Waals surface area contributed by atoms with Gasteiger partial charge in [0.25, 0.3) is 5.91 Å². The molecule has 13 nitrogen and oxygen atoms in total. The van der Waals surface area contributed by atoms with E-state index in [4.69, 9.17) is 14.5 Å². The average molecular weight is 741 g/mol. The molecular weight excluding hydrogens is 700 g/mol. The standard InChI is InChI=1S/C34H40FN7O6Se/c1-3-34(4-2,39-32(43)27-12-11-25(23-7-8-23)28(38-27)21-22-5-9-24(35)10-6-22)33(44)37-16-18-48-20-19-47-17-15-36-26-13-14-29(42(45)46)31-30(26)40-49-41-31/h5-6,9-14,23,36H,3-4,7-8,15-21H2,1-2H3,(H,37,44)(H,39,43). The van der Waals surface area contributed by atoms with Crippen LogP contribution in [0.15, 0.2) is 48.5 Å². The van der Waals surface area contributed by atoms with Crippen LogP contribution < -0.4 is 16.0 Å². The molecule has 0 aliphatic heterocycles. The van der Waals surface area contributed by atoms with Gasteiger partial charge in [0, 0.05) is 12.1 Å². The summed E-state index contributed by atoms with van der Waals surface area (Å²) in [5, 5.41) is 20.2. The molecule has 0 radical (unpaired) electrons. The van der Waals surface area contributed by atoms with Crippen LogP contribution >= 0.6 is 0 Å². The third-order valence-corrected chi connectivity index (χ3v) is 9.70. The Morgan fingerprint density at radius 3 is 2.33 bits per heavy atom. The Kier molecular flexibility index (Phi) is 12.4. The van der Waals surface area contributed by atoms with Crippen molar-refractivity contribution in [2.75, 3.05) is 44.8 Å². The summed E-state index contributed by atoms with van der Waals surface area (Å²) in [5.41, 5.74) is 3.40. The molecule has 0 spiro atoms. The number of hydrogen-bond acceptors (Lipinski definition) is 10. The maximum atomic E-state index is 13.5. The quantitative estimate of drug-likeness (QED) is 0.0550. The molecule has 0 atom stereocenters. The normalized spacial score (nSPS) is 13.0. The van der Waals surface area contributed by atoms with Crippen LogP contribution in [-0.2, 0) is 20.7 Å². The number of hydrogen-bond donors (Lipinski definition) is 3. The Balaban J connectivity index is 1.04. The SMILES string of the molecule is CCC(CC)(NC(=O)c1ccc(C2CC2)c(Cc2ccc(F)cc2)n1)C(=O)NCCOCCOCCNc1ccc([N+](=O)[O-])c2n[se]nc12. The summed E-state index contributed by atoms with van der Waals surface area (Å²) in [6.07, 6.45) is 3.42. The second-order valence-electron chi connectivity index (χ2n) is 11.8. The molecule has 1 aliphatic carbocycles. The molecule has 0 saturated heterocycles. The Labute approximate surface area is 289 Å². The number of anilines is 1. The number of rotatable bonds is 19. The Hall–Kier alpha value is -4.30. The third kappa shape index (κ3) is 9.24. The van der Waals surface area contributed by atoms with Gasteiger partial charge < -0.3 is 10.6 Å². The minimum absolute atomic E-state index is 0.0472. The molecule has 2 aromatic carbocycles. The third-order valence-electron chi connectivity index (χ3n) is 8.60. The summed E-state index contributed by atoms with van der Waals surface area (Å²) in [5.74, 6) is -0.600. The Bertz CT molecular complexity index is 1760. The number of pyridine rings is 1. The molecule has 4 aromatic rings. The first-order chi connectivity index (χ1) is 23.7. The van der Waals surface area contributed by atoms with Crippen LogP contribution in [0.2, 0.25) is 0 Å². The first-order valence-electron chi connectivity index (χ1n) is 16.4. The van der Waals surface area contributed by atoms with E-state index in [0.717, 1.165) is 29.7 Å². The number of fused-ring (bicyclic) bond motifs is 1.